The zero-order valence-corrected chi connectivity index (χ0v) is 19.9. The maximum absolute atomic E-state index is 10.6. The highest BCUT2D eigenvalue weighted by molar-refractivity contribution is 5.35. The predicted molar refractivity (Wildman–Crippen MR) is 130 cm³/mol. The van der Waals surface area contributed by atoms with E-state index in [1.54, 1.807) is 0 Å². The van der Waals surface area contributed by atoms with Crippen LogP contribution in [0.25, 0.3) is 0 Å². The van der Waals surface area contributed by atoms with E-state index in [1.165, 1.54) is 115 Å². The van der Waals surface area contributed by atoms with E-state index in [2.05, 4.69) is 32.9 Å². The fourth-order valence-electron chi connectivity index (χ4n) is 4.79. The first kappa shape index (κ1) is 26.1. The smallest absolute Gasteiger partial charge is 0.119 e. The van der Waals surface area contributed by atoms with Crippen LogP contribution in [-0.4, -0.2) is 5.11 Å². The first-order valence-corrected chi connectivity index (χ1v) is 13.0. The van der Waals surface area contributed by atoms with Crippen LogP contribution in [0.1, 0.15) is 141 Å². The summed E-state index contributed by atoms with van der Waals surface area (Å²) in [5.74, 6) is 1.78. The molecule has 2 unspecified atom stereocenters. The highest BCUT2D eigenvalue weighted by Gasteiger charge is 2.24. The molecule has 0 spiro atoms. The van der Waals surface area contributed by atoms with Gasteiger partial charge in [0.1, 0.15) is 5.75 Å². The summed E-state index contributed by atoms with van der Waals surface area (Å²) in [6.07, 6.45) is 22.8. The fourth-order valence-corrected chi connectivity index (χ4v) is 4.79. The van der Waals surface area contributed by atoms with Gasteiger partial charge in [-0.05, 0) is 42.7 Å². The largest absolute Gasteiger partial charge is 0.508 e. The van der Waals surface area contributed by atoms with Gasteiger partial charge >= 0.3 is 0 Å². The van der Waals surface area contributed by atoms with Crippen LogP contribution in [0.2, 0.25) is 0 Å². The number of rotatable bonds is 19. The number of aromatic hydroxyl groups is 1. The Morgan fingerprint density at radius 2 is 1.07 bits per heavy atom. The molecule has 0 aliphatic carbocycles. The maximum atomic E-state index is 10.6. The van der Waals surface area contributed by atoms with Gasteiger partial charge in [-0.15, -0.1) is 0 Å². The van der Waals surface area contributed by atoms with Crippen LogP contribution in [0, 0.1) is 5.92 Å². The molecule has 1 aromatic carbocycles. The van der Waals surface area contributed by atoms with E-state index < -0.39 is 0 Å². The van der Waals surface area contributed by atoms with Crippen molar-refractivity contribution in [2.75, 3.05) is 0 Å². The Morgan fingerprint density at radius 3 is 1.66 bits per heavy atom. The second-order valence-corrected chi connectivity index (χ2v) is 9.18. The molecule has 0 aromatic heterocycles. The highest BCUT2D eigenvalue weighted by Crippen LogP contribution is 2.40. The third-order valence-corrected chi connectivity index (χ3v) is 6.63. The summed E-state index contributed by atoms with van der Waals surface area (Å²) in [6.45, 7) is 6.89. The summed E-state index contributed by atoms with van der Waals surface area (Å²) in [4.78, 5) is 0. The lowest BCUT2D eigenvalue weighted by Crippen LogP contribution is -2.14. The molecule has 0 aliphatic heterocycles. The predicted octanol–water partition coefficient (Wildman–Crippen LogP) is 9.78. The zero-order valence-electron chi connectivity index (χ0n) is 19.9. The van der Waals surface area contributed by atoms with Gasteiger partial charge in [0.15, 0.2) is 0 Å². The van der Waals surface area contributed by atoms with Crippen molar-refractivity contribution in [1.82, 2.24) is 0 Å². The number of hydrogen-bond acceptors (Lipinski definition) is 1. The minimum absolute atomic E-state index is 0.521. The van der Waals surface area contributed by atoms with Crippen molar-refractivity contribution >= 4 is 0 Å². The van der Waals surface area contributed by atoms with Crippen LogP contribution in [0.15, 0.2) is 24.3 Å². The molecule has 0 aliphatic rings. The van der Waals surface area contributed by atoms with Gasteiger partial charge in [-0.25, -0.2) is 0 Å². The van der Waals surface area contributed by atoms with Gasteiger partial charge < -0.3 is 5.11 Å². The molecule has 1 rings (SSSR count). The zero-order chi connectivity index (χ0) is 21.2. The van der Waals surface area contributed by atoms with Gasteiger partial charge in [-0.3, -0.25) is 0 Å². The summed E-state index contributed by atoms with van der Waals surface area (Å²) in [7, 11) is 0. The average Bonchev–Trinajstić information content (AvgIpc) is 2.73. The van der Waals surface area contributed by atoms with Crippen LogP contribution in [0.4, 0.5) is 0 Å². The molecule has 1 nitrogen and oxygen atoms in total. The maximum Gasteiger partial charge on any atom is 0.119 e. The molecule has 0 heterocycles. The Labute approximate surface area is 182 Å². The Hall–Kier alpha value is -0.980. The molecule has 0 radical (unpaired) electrons. The van der Waals surface area contributed by atoms with Crippen molar-refractivity contribution in [2.24, 2.45) is 5.92 Å². The molecule has 1 N–H and O–H groups in total. The van der Waals surface area contributed by atoms with E-state index in [4.69, 9.17) is 0 Å². The van der Waals surface area contributed by atoms with Crippen molar-refractivity contribution in [3.63, 3.8) is 0 Å². The molecule has 2 atom stereocenters. The Balaban J connectivity index is 2.69. The van der Waals surface area contributed by atoms with Gasteiger partial charge in [0.2, 0.25) is 0 Å². The third-order valence-electron chi connectivity index (χ3n) is 6.63. The molecule has 0 bridgehead atoms. The number of phenolic OH excluding ortho intramolecular Hbond substituents is 1. The van der Waals surface area contributed by atoms with E-state index >= 15 is 0 Å². The molecule has 0 fully saturated rings. The second kappa shape index (κ2) is 17.8. The van der Waals surface area contributed by atoms with E-state index in [0.717, 1.165) is 5.92 Å². The van der Waals surface area contributed by atoms with Crippen LogP contribution in [0.5, 0.6) is 5.75 Å². The summed E-state index contributed by atoms with van der Waals surface area (Å²) < 4.78 is 0. The van der Waals surface area contributed by atoms with Crippen LogP contribution in [0.3, 0.4) is 0 Å². The van der Waals surface area contributed by atoms with E-state index in [1.807, 2.05) is 12.1 Å². The van der Waals surface area contributed by atoms with E-state index in [0.29, 0.717) is 11.7 Å². The lowest BCUT2D eigenvalue weighted by atomic mass is 9.76. The lowest BCUT2D eigenvalue weighted by molar-refractivity contribution is 0.317. The molecule has 29 heavy (non-hydrogen) atoms. The normalized spacial score (nSPS) is 13.5. The third kappa shape index (κ3) is 11.7. The minimum Gasteiger partial charge on any atom is -0.508 e. The fraction of sp³-hybridized carbons (Fsp3) is 0.786. The van der Waals surface area contributed by atoms with Crippen LogP contribution >= 0.6 is 0 Å². The monoisotopic (exact) mass is 402 g/mol. The van der Waals surface area contributed by atoms with Crippen LogP contribution < -0.4 is 0 Å². The first-order valence-electron chi connectivity index (χ1n) is 13.0. The van der Waals surface area contributed by atoms with Crippen molar-refractivity contribution in [3.05, 3.63) is 29.8 Å². The second-order valence-electron chi connectivity index (χ2n) is 9.18. The standard InChI is InChI=1S/C28H50O/c1-4-7-10-12-13-15-17-22-26(27-23-18-19-24-28(27)29)25(20-9-6-3)21-16-14-11-8-5-2/h18-19,23-26,29H,4-17,20-22H2,1-3H3. The first-order chi connectivity index (χ1) is 14.2. The van der Waals surface area contributed by atoms with Crippen LogP contribution in [-0.2, 0) is 0 Å². The number of phenols is 1. The minimum atomic E-state index is 0.521. The number of unbranched alkanes of at least 4 members (excludes halogenated alkanes) is 11. The molecule has 168 valence electrons. The van der Waals surface area contributed by atoms with Crippen molar-refractivity contribution in [3.8, 4) is 5.75 Å². The summed E-state index contributed by atoms with van der Waals surface area (Å²) in [6, 6.07) is 8.17. The van der Waals surface area contributed by atoms with E-state index in [9.17, 15) is 5.11 Å². The number of hydrogen-bond donors (Lipinski definition) is 1. The summed E-state index contributed by atoms with van der Waals surface area (Å²) in [5.41, 5.74) is 1.22. The number of benzene rings is 1. The molecule has 1 aromatic rings. The van der Waals surface area contributed by atoms with Gasteiger partial charge in [0, 0.05) is 0 Å². The van der Waals surface area contributed by atoms with Gasteiger partial charge in [0.25, 0.3) is 0 Å². The van der Waals surface area contributed by atoms with E-state index in [-0.39, 0.29) is 0 Å². The molecule has 1 heteroatoms. The average molecular weight is 403 g/mol. The molecule has 0 saturated carbocycles. The van der Waals surface area contributed by atoms with Crippen molar-refractivity contribution in [2.45, 2.75) is 136 Å². The van der Waals surface area contributed by atoms with Gasteiger partial charge in [0.05, 0.1) is 0 Å². The topological polar surface area (TPSA) is 20.2 Å². The molecular formula is C28H50O. The molecule has 0 amide bonds. The lowest BCUT2D eigenvalue weighted by Gasteiger charge is -2.29. The Morgan fingerprint density at radius 1 is 0.586 bits per heavy atom. The Kier molecular flexibility index (Phi) is 16.0. The van der Waals surface area contributed by atoms with Gasteiger partial charge in [-0.1, -0.05) is 129 Å². The quantitative estimate of drug-likeness (QED) is 0.228. The number of para-hydroxylation sites is 1. The van der Waals surface area contributed by atoms with Crippen molar-refractivity contribution < 1.29 is 5.11 Å². The van der Waals surface area contributed by atoms with Crippen molar-refractivity contribution in [1.29, 1.82) is 0 Å². The summed E-state index contributed by atoms with van der Waals surface area (Å²) >= 11 is 0. The van der Waals surface area contributed by atoms with Gasteiger partial charge in [-0.2, -0.15) is 0 Å². The highest BCUT2D eigenvalue weighted by atomic mass is 16.3. The molecular weight excluding hydrogens is 352 g/mol. The summed E-state index contributed by atoms with van der Waals surface area (Å²) in [5, 5.41) is 10.6. The molecule has 0 saturated heterocycles. The SMILES string of the molecule is CCCCCCCCCC(c1ccccc1O)C(CCCC)CCCCCCC. The Bertz CT molecular complexity index is 481.